The van der Waals surface area contributed by atoms with E-state index in [4.69, 9.17) is 0 Å². The molecule has 0 saturated carbocycles. The van der Waals surface area contributed by atoms with E-state index >= 15 is 0 Å². The van der Waals surface area contributed by atoms with E-state index in [-0.39, 0.29) is 0 Å². The van der Waals surface area contributed by atoms with Crippen molar-refractivity contribution in [2.45, 2.75) is 33.7 Å². The molecule has 4 nitrogen and oxygen atoms in total. The fourth-order valence-corrected chi connectivity index (χ4v) is 2.12. The van der Waals surface area contributed by atoms with E-state index in [2.05, 4.69) is 40.6 Å². The van der Waals surface area contributed by atoms with Crippen molar-refractivity contribution in [1.82, 2.24) is 14.5 Å². The van der Waals surface area contributed by atoms with Crippen LogP contribution >= 0.6 is 11.5 Å². The minimum absolute atomic E-state index is 0.906. The van der Waals surface area contributed by atoms with Crippen LogP contribution in [-0.2, 0) is 6.54 Å². The molecule has 0 aromatic carbocycles. The van der Waals surface area contributed by atoms with Gasteiger partial charge in [-0.25, -0.2) is 0 Å². The molecule has 0 atom stereocenters. The van der Waals surface area contributed by atoms with Crippen molar-refractivity contribution >= 4 is 16.5 Å². The maximum atomic E-state index is 4.17. The molecule has 0 spiro atoms. The first-order valence-corrected chi connectivity index (χ1v) is 6.36. The lowest BCUT2D eigenvalue weighted by atomic mass is 10.3. The molecule has 1 rings (SSSR count). The molecule has 1 heterocycles. The van der Waals surface area contributed by atoms with E-state index in [1.807, 2.05) is 0 Å². The molecule has 1 aromatic heterocycles. The number of nitrogens with zero attached hydrogens (tertiary/aromatic N) is 3. The highest BCUT2D eigenvalue weighted by atomic mass is 32.1. The lowest BCUT2D eigenvalue weighted by Crippen LogP contribution is -2.24. The molecule has 0 aliphatic carbocycles. The molecule has 0 saturated heterocycles. The Morgan fingerprint density at radius 1 is 1.33 bits per heavy atom. The van der Waals surface area contributed by atoms with Crippen LogP contribution in [0.15, 0.2) is 0 Å². The molecule has 15 heavy (non-hydrogen) atoms. The van der Waals surface area contributed by atoms with Crippen LogP contribution in [-0.4, -0.2) is 34.1 Å². The van der Waals surface area contributed by atoms with Crippen molar-refractivity contribution in [3.8, 4) is 0 Å². The van der Waals surface area contributed by atoms with Gasteiger partial charge in [-0.05, 0) is 26.4 Å². The Morgan fingerprint density at radius 3 is 2.73 bits per heavy atom. The van der Waals surface area contributed by atoms with Gasteiger partial charge in [-0.15, -0.1) is 5.10 Å². The maximum absolute atomic E-state index is 4.17. The molecule has 5 heteroatoms. The van der Waals surface area contributed by atoms with Crippen molar-refractivity contribution < 1.29 is 0 Å². The second-order valence-corrected chi connectivity index (χ2v) is 4.20. The van der Waals surface area contributed by atoms with E-state index in [1.54, 1.807) is 0 Å². The molecule has 0 radical (unpaired) electrons. The summed E-state index contributed by atoms with van der Waals surface area (Å²) in [5.74, 6) is 0. The molecule has 1 N–H and O–H groups in total. The predicted molar refractivity (Wildman–Crippen MR) is 65.3 cm³/mol. The smallest absolute Gasteiger partial charge is 0.134 e. The summed E-state index contributed by atoms with van der Waals surface area (Å²) in [6.07, 6.45) is 1.18. The van der Waals surface area contributed by atoms with Gasteiger partial charge in [-0.1, -0.05) is 18.3 Å². The summed E-state index contributed by atoms with van der Waals surface area (Å²) in [5, 5.41) is 8.58. The maximum Gasteiger partial charge on any atom is 0.134 e. The van der Waals surface area contributed by atoms with E-state index in [1.165, 1.54) is 18.0 Å². The van der Waals surface area contributed by atoms with Crippen LogP contribution in [0.4, 0.5) is 5.00 Å². The third-order valence-electron chi connectivity index (χ3n) is 2.25. The third kappa shape index (κ3) is 3.76. The topological polar surface area (TPSA) is 41.1 Å². The van der Waals surface area contributed by atoms with Crippen LogP contribution in [0.1, 0.15) is 32.9 Å². The molecule has 0 amide bonds. The first kappa shape index (κ1) is 12.4. The second-order valence-electron chi connectivity index (χ2n) is 3.45. The Hall–Kier alpha value is -0.680. The number of anilines is 1. The molecule has 0 unspecified atom stereocenters. The predicted octanol–water partition coefficient (Wildman–Crippen LogP) is 2.20. The molecule has 0 fully saturated rings. The minimum atomic E-state index is 0.906. The first-order valence-electron chi connectivity index (χ1n) is 5.59. The van der Waals surface area contributed by atoms with Gasteiger partial charge in [-0.2, -0.15) is 0 Å². The van der Waals surface area contributed by atoms with E-state index in [0.717, 1.165) is 36.9 Å². The summed E-state index contributed by atoms with van der Waals surface area (Å²) in [6, 6.07) is 0. The summed E-state index contributed by atoms with van der Waals surface area (Å²) < 4.78 is 3.99. The largest absolute Gasteiger partial charge is 0.374 e. The summed E-state index contributed by atoms with van der Waals surface area (Å²) in [5.41, 5.74) is 1.08. The molecular formula is C10H20N4S. The summed E-state index contributed by atoms with van der Waals surface area (Å²) in [4.78, 5) is 2.39. The van der Waals surface area contributed by atoms with Gasteiger partial charge >= 0.3 is 0 Å². The zero-order valence-electron chi connectivity index (χ0n) is 9.79. The van der Waals surface area contributed by atoms with Gasteiger partial charge in [0.05, 0.1) is 0 Å². The zero-order valence-corrected chi connectivity index (χ0v) is 10.6. The Bertz CT molecular complexity index is 274. The summed E-state index contributed by atoms with van der Waals surface area (Å²) >= 11 is 1.45. The van der Waals surface area contributed by atoms with Gasteiger partial charge in [0.15, 0.2) is 0 Å². The molecule has 1 aromatic rings. The van der Waals surface area contributed by atoms with Crippen molar-refractivity contribution in [3.05, 3.63) is 5.69 Å². The van der Waals surface area contributed by atoms with Gasteiger partial charge in [0, 0.05) is 24.6 Å². The number of aromatic nitrogens is 2. The fourth-order valence-electron chi connectivity index (χ4n) is 1.48. The number of nitrogens with one attached hydrogen (secondary N) is 1. The normalized spacial score (nSPS) is 10.9. The van der Waals surface area contributed by atoms with Gasteiger partial charge in [0.2, 0.25) is 0 Å². The number of rotatable bonds is 7. The van der Waals surface area contributed by atoms with Crippen molar-refractivity contribution in [2.24, 2.45) is 0 Å². The SMILES string of the molecule is CCCN(CC)Cc1nnsc1NCC. The van der Waals surface area contributed by atoms with Crippen molar-refractivity contribution in [3.63, 3.8) is 0 Å². The third-order valence-corrected chi connectivity index (χ3v) is 2.98. The van der Waals surface area contributed by atoms with Crippen LogP contribution in [0.25, 0.3) is 0 Å². The highest BCUT2D eigenvalue weighted by molar-refractivity contribution is 7.10. The second kappa shape index (κ2) is 6.74. The van der Waals surface area contributed by atoms with Crippen LogP contribution in [0, 0.1) is 0 Å². The monoisotopic (exact) mass is 228 g/mol. The summed E-state index contributed by atoms with van der Waals surface area (Å²) in [6.45, 7) is 10.5. The Morgan fingerprint density at radius 2 is 2.13 bits per heavy atom. The Labute approximate surface area is 95.8 Å². The van der Waals surface area contributed by atoms with E-state index < -0.39 is 0 Å². The van der Waals surface area contributed by atoms with Crippen molar-refractivity contribution in [1.29, 1.82) is 0 Å². The van der Waals surface area contributed by atoms with Gasteiger partial charge in [0.25, 0.3) is 0 Å². The van der Waals surface area contributed by atoms with E-state index in [9.17, 15) is 0 Å². The van der Waals surface area contributed by atoms with Crippen LogP contribution in [0.2, 0.25) is 0 Å². The zero-order chi connectivity index (χ0) is 11.1. The van der Waals surface area contributed by atoms with Gasteiger partial charge < -0.3 is 5.32 Å². The molecule has 0 aliphatic rings. The molecular weight excluding hydrogens is 208 g/mol. The minimum Gasteiger partial charge on any atom is -0.374 e. The standard InChI is InChI=1S/C10H20N4S/c1-4-7-14(6-3)8-9-10(11-5-2)15-13-12-9/h11H,4-8H2,1-3H3. The lowest BCUT2D eigenvalue weighted by Gasteiger charge is -2.18. The molecule has 0 aliphatic heterocycles. The lowest BCUT2D eigenvalue weighted by molar-refractivity contribution is 0.277. The first-order chi connectivity index (χ1) is 7.31. The fraction of sp³-hybridized carbons (Fsp3) is 0.800. The van der Waals surface area contributed by atoms with Crippen molar-refractivity contribution in [2.75, 3.05) is 25.0 Å². The Kier molecular flexibility index (Phi) is 5.57. The number of hydrogen-bond donors (Lipinski definition) is 1. The molecule has 0 bridgehead atoms. The van der Waals surface area contributed by atoms with Crippen LogP contribution in [0.3, 0.4) is 0 Å². The summed E-state index contributed by atoms with van der Waals surface area (Å²) in [7, 11) is 0. The number of hydrogen-bond acceptors (Lipinski definition) is 5. The quantitative estimate of drug-likeness (QED) is 0.777. The van der Waals surface area contributed by atoms with Gasteiger partial charge in [0.1, 0.15) is 10.7 Å². The highest BCUT2D eigenvalue weighted by Gasteiger charge is 2.10. The average molecular weight is 228 g/mol. The molecule has 86 valence electrons. The van der Waals surface area contributed by atoms with Crippen LogP contribution < -0.4 is 5.32 Å². The Balaban J connectivity index is 2.57. The van der Waals surface area contributed by atoms with E-state index in [0.29, 0.717) is 0 Å². The highest BCUT2D eigenvalue weighted by Crippen LogP contribution is 2.18. The van der Waals surface area contributed by atoms with Gasteiger partial charge in [-0.3, -0.25) is 4.90 Å². The van der Waals surface area contributed by atoms with Crippen LogP contribution in [0.5, 0.6) is 0 Å². The average Bonchev–Trinajstić information content (AvgIpc) is 2.66.